The predicted molar refractivity (Wildman–Crippen MR) is 92.9 cm³/mol. The van der Waals surface area contributed by atoms with Gasteiger partial charge in [-0.15, -0.1) is 0 Å². The van der Waals surface area contributed by atoms with Crippen LogP contribution in [0.15, 0.2) is 30.3 Å². The summed E-state index contributed by atoms with van der Waals surface area (Å²) in [5, 5.41) is 2.54. The van der Waals surface area contributed by atoms with Gasteiger partial charge in [0.1, 0.15) is 5.75 Å². The van der Waals surface area contributed by atoms with Crippen LogP contribution in [0.25, 0.3) is 0 Å². The first-order chi connectivity index (χ1) is 12.7. The molecule has 3 nitrogen and oxygen atoms in total. The smallest absolute Gasteiger partial charge is 0.453 e. The lowest BCUT2D eigenvalue weighted by atomic mass is 10.1. The number of amides is 1. The van der Waals surface area contributed by atoms with Crippen LogP contribution in [0.3, 0.4) is 0 Å². The summed E-state index contributed by atoms with van der Waals surface area (Å²) in [5.41, 5.74) is 0. The normalized spacial score (nSPS) is 12.0. The number of carbonyl (C=O) groups excluding carboxylic acids is 1. The first-order valence-corrected chi connectivity index (χ1v) is 9.11. The number of nitrogens with one attached hydrogen (secondary N) is 1. The van der Waals surface area contributed by atoms with Gasteiger partial charge in [0, 0.05) is 19.4 Å². The maximum atomic E-state index is 12.7. The molecule has 0 saturated heterocycles. The molecule has 0 bridgehead atoms. The van der Waals surface area contributed by atoms with Gasteiger partial charge in [-0.2, -0.15) is 22.0 Å². The van der Waals surface area contributed by atoms with Gasteiger partial charge < -0.3 is 10.1 Å². The van der Waals surface area contributed by atoms with Crippen molar-refractivity contribution in [1.82, 2.24) is 5.32 Å². The van der Waals surface area contributed by atoms with Gasteiger partial charge in [-0.25, -0.2) is 0 Å². The highest BCUT2D eigenvalue weighted by atomic mass is 19.4. The lowest BCUT2D eigenvalue weighted by Crippen LogP contribution is -2.36. The second-order valence-electron chi connectivity index (χ2n) is 6.33. The number of carbonyl (C=O) groups is 1. The molecule has 1 rings (SSSR count). The van der Waals surface area contributed by atoms with Crippen LogP contribution in [-0.2, 0) is 4.79 Å². The summed E-state index contributed by atoms with van der Waals surface area (Å²) in [7, 11) is 0. The van der Waals surface area contributed by atoms with Gasteiger partial charge in [0.2, 0.25) is 5.91 Å². The molecule has 0 radical (unpaired) electrons. The fraction of sp³-hybridized carbons (Fsp3) is 0.632. The van der Waals surface area contributed by atoms with E-state index in [0.29, 0.717) is 13.2 Å². The van der Waals surface area contributed by atoms with Gasteiger partial charge >= 0.3 is 12.1 Å². The lowest BCUT2D eigenvalue weighted by molar-refractivity contribution is -0.284. The van der Waals surface area contributed by atoms with Gasteiger partial charge in [0.25, 0.3) is 0 Å². The third-order valence-electron chi connectivity index (χ3n) is 3.96. The second kappa shape index (κ2) is 11.8. The summed E-state index contributed by atoms with van der Waals surface area (Å²) < 4.78 is 66.9. The minimum atomic E-state index is -5.56. The number of rotatable bonds is 13. The van der Waals surface area contributed by atoms with Crippen LogP contribution < -0.4 is 10.1 Å². The van der Waals surface area contributed by atoms with Crippen LogP contribution in [0, 0.1) is 0 Å². The zero-order valence-corrected chi connectivity index (χ0v) is 15.2. The molecule has 1 aromatic carbocycles. The van der Waals surface area contributed by atoms with Crippen LogP contribution >= 0.6 is 0 Å². The van der Waals surface area contributed by atoms with Crippen LogP contribution in [0.5, 0.6) is 5.75 Å². The van der Waals surface area contributed by atoms with Crippen molar-refractivity contribution in [2.24, 2.45) is 0 Å². The van der Waals surface area contributed by atoms with Gasteiger partial charge in [-0.1, -0.05) is 37.5 Å². The number of hydrogen-bond donors (Lipinski definition) is 1. The number of benzene rings is 1. The summed E-state index contributed by atoms with van der Waals surface area (Å²) in [6.07, 6.45) is -3.22. The fourth-order valence-corrected chi connectivity index (χ4v) is 2.39. The van der Waals surface area contributed by atoms with E-state index in [0.717, 1.165) is 37.9 Å². The van der Waals surface area contributed by atoms with Crippen LogP contribution in [-0.4, -0.2) is 31.2 Å². The van der Waals surface area contributed by atoms with E-state index in [1.165, 1.54) is 0 Å². The Hall–Kier alpha value is -1.86. The Labute approximate surface area is 156 Å². The molecular formula is C19H26F5NO2. The topological polar surface area (TPSA) is 38.3 Å². The molecule has 27 heavy (non-hydrogen) atoms. The number of ether oxygens (including phenoxy) is 1. The van der Waals surface area contributed by atoms with Crippen molar-refractivity contribution in [3.05, 3.63) is 30.3 Å². The average Bonchev–Trinajstić information content (AvgIpc) is 2.60. The van der Waals surface area contributed by atoms with Crippen molar-refractivity contribution >= 4 is 5.91 Å². The second-order valence-corrected chi connectivity index (χ2v) is 6.33. The molecule has 1 N–H and O–H groups in total. The van der Waals surface area contributed by atoms with E-state index >= 15 is 0 Å². The number of alkyl halides is 5. The van der Waals surface area contributed by atoms with Gasteiger partial charge in [-0.3, -0.25) is 4.79 Å². The zero-order chi connectivity index (χ0) is 20.2. The van der Waals surface area contributed by atoms with Crippen LogP contribution in [0.4, 0.5) is 22.0 Å². The highest BCUT2D eigenvalue weighted by molar-refractivity contribution is 5.75. The van der Waals surface area contributed by atoms with Crippen molar-refractivity contribution in [2.45, 2.75) is 63.5 Å². The van der Waals surface area contributed by atoms with E-state index in [1.807, 2.05) is 30.3 Å². The highest BCUT2D eigenvalue weighted by Crippen LogP contribution is 2.39. The van der Waals surface area contributed by atoms with Crippen molar-refractivity contribution in [1.29, 1.82) is 0 Å². The molecule has 154 valence electrons. The third kappa shape index (κ3) is 10.2. The maximum Gasteiger partial charge on any atom is 0.453 e. The molecule has 0 aliphatic rings. The van der Waals surface area contributed by atoms with Gasteiger partial charge in [0.05, 0.1) is 6.61 Å². The molecule has 0 saturated carbocycles. The minimum absolute atomic E-state index is 0.331. The molecule has 1 amide bonds. The molecule has 0 aliphatic heterocycles. The van der Waals surface area contributed by atoms with E-state index in [4.69, 9.17) is 4.74 Å². The van der Waals surface area contributed by atoms with Crippen molar-refractivity contribution < 1.29 is 31.5 Å². The van der Waals surface area contributed by atoms with E-state index in [9.17, 15) is 26.7 Å². The summed E-state index contributed by atoms with van der Waals surface area (Å²) in [6, 6.07) is 9.53. The maximum absolute atomic E-state index is 12.7. The molecule has 0 spiro atoms. The minimum Gasteiger partial charge on any atom is -0.494 e. The molecular weight excluding hydrogens is 369 g/mol. The van der Waals surface area contributed by atoms with E-state index in [2.05, 4.69) is 5.32 Å². The summed E-state index contributed by atoms with van der Waals surface area (Å²) in [4.78, 5) is 11.4. The Morgan fingerprint density at radius 3 is 2.19 bits per heavy atom. The number of unbranched alkanes of at least 4 members (excludes halogenated alkanes) is 4. The fourth-order valence-electron chi connectivity index (χ4n) is 2.39. The number of para-hydroxylation sites is 1. The van der Waals surface area contributed by atoms with Crippen molar-refractivity contribution in [3.8, 4) is 5.75 Å². The molecule has 0 aliphatic carbocycles. The van der Waals surface area contributed by atoms with Crippen molar-refractivity contribution in [2.75, 3.05) is 13.2 Å². The summed E-state index contributed by atoms with van der Waals surface area (Å²) >= 11 is 0. The van der Waals surface area contributed by atoms with Crippen LogP contribution in [0.1, 0.15) is 51.4 Å². The molecule has 0 aromatic heterocycles. The van der Waals surface area contributed by atoms with Crippen molar-refractivity contribution in [3.63, 3.8) is 0 Å². The summed E-state index contributed by atoms with van der Waals surface area (Å²) in [5.74, 6) is -4.39. The van der Waals surface area contributed by atoms with E-state index in [-0.39, 0.29) is 6.42 Å². The molecule has 0 fully saturated rings. The molecule has 0 heterocycles. The van der Waals surface area contributed by atoms with Crippen LogP contribution in [0.2, 0.25) is 0 Å². The zero-order valence-electron chi connectivity index (χ0n) is 15.2. The Bertz CT molecular complexity index is 535. The monoisotopic (exact) mass is 395 g/mol. The number of halogens is 5. The molecule has 0 atom stereocenters. The number of hydrogen-bond acceptors (Lipinski definition) is 2. The van der Waals surface area contributed by atoms with Gasteiger partial charge in [-0.05, 0) is 31.4 Å². The van der Waals surface area contributed by atoms with E-state index < -0.39 is 30.8 Å². The summed E-state index contributed by atoms with van der Waals surface area (Å²) in [6.45, 7) is 1.04. The van der Waals surface area contributed by atoms with E-state index in [1.54, 1.807) is 0 Å². The first kappa shape index (κ1) is 23.2. The first-order valence-electron chi connectivity index (χ1n) is 9.11. The predicted octanol–water partition coefficient (Wildman–Crippen LogP) is 5.50. The quantitative estimate of drug-likeness (QED) is 0.354. The Kier molecular flexibility index (Phi) is 10.1. The SMILES string of the molecule is O=C(CCCC(F)(F)C(F)(F)F)NCCCCCCCOc1ccccc1. The Morgan fingerprint density at radius 1 is 0.889 bits per heavy atom. The molecule has 1 aromatic rings. The largest absolute Gasteiger partial charge is 0.494 e. The molecule has 0 unspecified atom stereocenters. The highest BCUT2D eigenvalue weighted by Gasteiger charge is 2.56. The lowest BCUT2D eigenvalue weighted by Gasteiger charge is -2.19. The Morgan fingerprint density at radius 2 is 1.52 bits per heavy atom. The van der Waals surface area contributed by atoms with Gasteiger partial charge in [0.15, 0.2) is 0 Å². The average molecular weight is 395 g/mol. The third-order valence-corrected chi connectivity index (χ3v) is 3.96. The Balaban J connectivity index is 1.93. The standard InChI is InChI=1S/C19H26F5NO2/c20-18(21,19(22,23)24)13-9-12-17(26)25-14-7-2-1-3-8-15-27-16-10-5-4-6-11-16/h4-6,10-11H,1-3,7-9,12-15H2,(H,25,26). The molecule has 8 heteroatoms.